The molecule has 0 saturated carbocycles. The number of carboxylic acids is 1. The van der Waals surface area contributed by atoms with Crippen molar-refractivity contribution in [3.63, 3.8) is 0 Å². The lowest BCUT2D eigenvalue weighted by Gasteiger charge is -2.34. The molecule has 0 fully saturated rings. The fourth-order valence-electron chi connectivity index (χ4n) is 5.02. The number of amides is 1. The fraction of sp³-hybridized carbons (Fsp3) is 0.171. The number of benzene rings is 4. The maximum atomic E-state index is 13.2. The topological polar surface area (TPSA) is 88.5 Å². The van der Waals surface area contributed by atoms with Crippen LogP contribution in [0, 0.1) is 5.41 Å². The molecule has 0 spiro atoms. The average molecular weight is 643 g/mol. The van der Waals surface area contributed by atoms with Crippen LogP contribution in [0.4, 0.5) is 5.69 Å². The van der Waals surface area contributed by atoms with Gasteiger partial charge in [0.15, 0.2) is 0 Å². The van der Waals surface area contributed by atoms with Crippen molar-refractivity contribution in [3.05, 3.63) is 130 Å². The molecule has 6 nitrogen and oxygen atoms in total. The normalized spacial score (nSPS) is 12.3. The Hall–Kier alpha value is -4.01. The van der Waals surface area contributed by atoms with Crippen molar-refractivity contribution in [2.24, 2.45) is 5.41 Å². The van der Waals surface area contributed by atoms with E-state index in [2.05, 4.69) is 55.3 Å². The molecule has 0 aliphatic rings. The fourth-order valence-corrected chi connectivity index (χ4v) is 7.90. The summed E-state index contributed by atoms with van der Waals surface area (Å²) in [7, 11) is -1.69. The molecule has 5 aromatic rings. The lowest BCUT2D eigenvalue weighted by molar-refractivity contribution is 0.0688. The van der Waals surface area contributed by atoms with Gasteiger partial charge in [0, 0.05) is 11.6 Å². The Morgan fingerprint density at radius 1 is 0.864 bits per heavy atom. The van der Waals surface area contributed by atoms with E-state index in [4.69, 9.17) is 27.6 Å². The van der Waals surface area contributed by atoms with Crippen molar-refractivity contribution in [1.82, 2.24) is 4.98 Å². The van der Waals surface area contributed by atoms with Crippen molar-refractivity contribution in [2.75, 3.05) is 5.32 Å². The summed E-state index contributed by atoms with van der Waals surface area (Å²) >= 11 is 12.6. The van der Waals surface area contributed by atoms with Gasteiger partial charge in [-0.15, -0.1) is 0 Å². The third-order valence-corrected chi connectivity index (χ3v) is 10.2. The second kappa shape index (κ2) is 13.3. The van der Waals surface area contributed by atoms with Crippen LogP contribution in [0.3, 0.4) is 0 Å². The molecule has 1 atom stereocenters. The predicted octanol–water partition coefficient (Wildman–Crippen LogP) is 7.27. The minimum absolute atomic E-state index is 0.0844. The maximum Gasteiger partial charge on any atom is 0.337 e. The van der Waals surface area contributed by atoms with Crippen LogP contribution in [0.25, 0.3) is 10.9 Å². The van der Waals surface area contributed by atoms with Gasteiger partial charge in [0.05, 0.1) is 38.5 Å². The molecule has 5 rings (SSSR count). The number of nitrogens with zero attached hydrogens (tertiary/aromatic N) is 1. The van der Waals surface area contributed by atoms with E-state index < -0.39 is 20.9 Å². The summed E-state index contributed by atoms with van der Waals surface area (Å²) in [6.07, 6.45) is 1.30. The lowest BCUT2D eigenvalue weighted by Crippen LogP contribution is -2.50. The molecular weight excluding hydrogens is 611 g/mol. The van der Waals surface area contributed by atoms with Crippen molar-refractivity contribution in [1.29, 1.82) is 0 Å². The Labute approximate surface area is 268 Å². The molecule has 1 heterocycles. The molecular formula is C35H31Cl2N2O4Si. The first-order valence-electron chi connectivity index (χ1n) is 14.1. The van der Waals surface area contributed by atoms with Gasteiger partial charge < -0.3 is 14.8 Å². The number of carbonyl (C=O) groups excluding carboxylic acids is 1. The summed E-state index contributed by atoms with van der Waals surface area (Å²) in [6.45, 7) is 6.28. The Morgan fingerprint density at radius 2 is 1.43 bits per heavy atom. The Kier molecular flexibility index (Phi) is 9.51. The summed E-state index contributed by atoms with van der Waals surface area (Å²) in [6, 6.07) is 30.4. The zero-order valence-corrected chi connectivity index (χ0v) is 27.0. The van der Waals surface area contributed by atoms with Gasteiger partial charge in [-0.1, -0.05) is 123 Å². The van der Waals surface area contributed by atoms with Crippen LogP contribution in [0.5, 0.6) is 0 Å². The molecule has 1 unspecified atom stereocenters. The number of hydrogen-bond donors (Lipinski definition) is 2. The van der Waals surface area contributed by atoms with Gasteiger partial charge in [0.25, 0.3) is 14.9 Å². The van der Waals surface area contributed by atoms with Crippen molar-refractivity contribution in [3.8, 4) is 0 Å². The first kappa shape index (κ1) is 31.4. The predicted molar refractivity (Wildman–Crippen MR) is 179 cm³/mol. The van der Waals surface area contributed by atoms with E-state index in [1.54, 1.807) is 30.3 Å². The van der Waals surface area contributed by atoms with Gasteiger partial charge in [-0.3, -0.25) is 9.78 Å². The summed E-state index contributed by atoms with van der Waals surface area (Å²) in [5, 5.41) is 16.3. The lowest BCUT2D eigenvalue weighted by atomic mass is 9.84. The molecule has 1 amide bonds. The first-order chi connectivity index (χ1) is 21.0. The molecule has 223 valence electrons. The van der Waals surface area contributed by atoms with Gasteiger partial charge in [-0.05, 0) is 46.0 Å². The highest BCUT2D eigenvalue weighted by Gasteiger charge is 2.33. The third kappa shape index (κ3) is 6.87. The van der Waals surface area contributed by atoms with E-state index in [1.807, 2.05) is 42.5 Å². The number of hydrogen-bond acceptors (Lipinski definition) is 4. The second-order valence-electron chi connectivity index (χ2n) is 11.4. The van der Waals surface area contributed by atoms with E-state index in [9.17, 15) is 14.7 Å². The maximum absolute atomic E-state index is 13.2. The Balaban J connectivity index is 1.58. The SMILES string of the molecule is CC(C)(C)C(Cc1c(C(=O)O)cnc2c(NC(=O)c3c(Cl)cccc3Cl)cccc12)O[Si](c1ccccc1)c1ccccc1. The van der Waals surface area contributed by atoms with Crippen molar-refractivity contribution < 1.29 is 19.1 Å². The van der Waals surface area contributed by atoms with E-state index >= 15 is 0 Å². The van der Waals surface area contributed by atoms with Gasteiger partial charge in [-0.2, -0.15) is 0 Å². The Morgan fingerprint density at radius 3 is 1.98 bits per heavy atom. The highest BCUT2D eigenvalue weighted by Crippen LogP contribution is 2.33. The molecule has 44 heavy (non-hydrogen) atoms. The number of fused-ring (bicyclic) bond motifs is 1. The number of para-hydroxylation sites is 1. The quantitative estimate of drug-likeness (QED) is 0.165. The van der Waals surface area contributed by atoms with E-state index in [0.717, 1.165) is 10.4 Å². The molecule has 4 aromatic carbocycles. The standard InChI is InChI=1S/C35H31Cl2N2O4Si/c1-35(2,3)30(43-44(22-12-6-4-7-13-22)23-14-8-5-9-15-23)20-25-24-16-10-19-29(32(24)38-21-26(25)34(41)42)39-33(40)31-27(36)17-11-18-28(31)37/h4-19,21,30H,20H2,1-3H3,(H,39,40)(H,41,42). The number of anilines is 1. The molecule has 0 aliphatic heterocycles. The molecule has 1 radical (unpaired) electrons. The summed E-state index contributed by atoms with van der Waals surface area (Å²) in [4.78, 5) is 30.2. The van der Waals surface area contributed by atoms with Crippen molar-refractivity contribution in [2.45, 2.75) is 33.3 Å². The number of nitrogens with one attached hydrogen (secondary N) is 1. The molecule has 1 aromatic heterocycles. The molecule has 2 N–H and O–H groups in total. The van der Waals surface area contributed by atoms with Crippen LogP contribution in [0.15, 0.2) is 103 Å². The zero-order valence-electron chi connectivity index (χ0n) is 24.5. The number of aromatic nitrogens is 1. The van der Waals surface area contributed by atoms with Crippen molar-refractivity contribution >= 4 is 71.1 Å². The highest BCUT2D eigenvalue weighted by atomic mass is 35.5. The second-order valence-corrected chi connectivity index (χ2v) is 14.3. The molecule has 0 aliphatic carbocycles. The number of halogens is 2. The van der Waals surface area contributed by atoms with E-state index in [1.165, 1.54) is 6.20 Å². The van der Waals surface area contributed by atoms with Crippen LogP contribution in [-0.4, -0.2) is 37.1 Å². The van der Waals surface area contributed by atoms with Crippen LogP contribution >= 0.6 is 23.2 Å². The van der Waals surface area contributed by atoms with Crippen LogP contribution in [0.1, 0.15) is 47.1 Å². The number of carbonyl (C=O) groups is 2. The zero-order chi connectivity index (χ0) is 31.4. The summed E-state index contributed by atoms with van der Waals surface area (Å²) < 4.78 is 7.04. The molecule has 9 heteroatoms. The third-order valence-electron chi connectivity index (χ3n) is 7.36. The minimum Gasteiger partial charge on any atom is -0.478 e. The summed E-state index contributed by atoms with van der Waals surface area (Å²) in [5.74, 6) is -1.58. The van der Waals surface area contributed by atoms with E-state index in [0.29, 0.717) is 28.6 Å². The van der Waals surface area contributed by atoms with Crippen LogP contribution in [-0.2, 0) is 10.8 Å². The number of pyridine rings is 1. The molecule has 0 saturated heterocycles. The number of rotatable bonds is 9. The Bertz CT molecular complexity index is 1750. The van der Waals surface area contributed by atoms with E-state index in [-0.39, 0.29) is 32.7 Å². The number of carboxylic acid groups (broad SMARTS) is 1. The van der Waals surface area contributed by atoms with Crippen LogP contribution < -0.4 is 15.7 Å². The smallest absolute Gasteiger partial charge is 0.337 e. The van der Waals surface area contributed by atoms with Gasteiger partial charge in [0.1, 0.15) is 0 Å². The minimum atomic E-state index is -1.69. The monoisotopic (exact) mass is 641 g/mol. The first-order valence-corrected chi connectivity index (χ1v) is 16.2. The van der Waals surface area contributed by atoms with Crippen LogP contribution in [0.2, 0.25) is 10.0 Å². The highest BCUT2D eigenvalue weighted by molar-refractivity contribution is 6.80. The number of aromatic carboxylic acids is 1. The van der Waals surface area contributed by atoms with Gasteiger partial charge in [0.2, 0.25) is 0 Å². The van der Waals surface area contributed by atoms with Gasteiger partial charge in [-0.25, -0.2) is 4.79 Å². The average Bonchev–Trinajstić information content (AvgIpc) is 2.99. The largest absolute Gasteiger partial charge is 0.478 e. The van der Waals surface area contributed by atoms with Gasteiger partial charge >= 0.3 is 5.97 Å². The summed E-state index contributed by atoms with van der Waals surface area (Å²) in [5.41, 5.74) is 1.32. The molecule has 0 bridgehead atoms.